The zero-order valence-electron chi connectivity index (χ0n) is 44.7. The molecule has 0 unspecified atom stereocenters. The second-order valence-corrected chi connectivity index (χ2v) is 20.8. The molecule has 2 aliphatic rings. The molecule has 0 aliphatic carbocycles. The predicted molar refractivity (Wildman–Crippen MR) is 308 cm³/mol. The number of benzene rings is 3. The summed E-state index contributed by atoms with van der Waals surface area (Å²) in [7, 11) is 2.15. The molecule has 4 aromatic rings. The van der Waals surface area contributed by atoms with Gasteiger partial charge in [0.2, 0.25) is 17.7 Å². The average Bonchev–Trinajstić information content (AvgIpc) is 3.99. The van der Waals surface area contributed by atoms with Crippen molar-refractivity contribution in [1.82, 2.24) is 30.8 Å². The highest BCUT2D eigenvalue weighted by atomic mass is 32.2. The number of carbonyl (C=O) groups is 3. The Hall–Kier alpha value is -6.04. The standard InChI is InChI=1S/C60H82N8O7S/c1-46(18-12-26-59(70)62-32-16-36-73-38-40-74-39-37-72-35-15-31-61-58(69)25-10-9-24-55-53-42-60(71)67-54(53)44-76-55)17-6-5-11-33-68(3)34-14-19-47(2)48-20-13-21-50(41-48)66-57-43-56(63-45-64-57)65-49-27-29-52(30-28-49)75-51-22-7-4-8-23-51/h4,7-8,13-14,19-23,27-30,41,43,45,53-55H,1-2,5-6,9-12,15-18,24-26,31-40,42,44H2,3H3,(H,61,69)(H,62,70)(H,67,71)(H2,63,64,65,66)/b19-14+/t53-,54-,55-/m0/s1. The van der Waals surface area contributed by atoms with Crippen LogP contribution in [0.4, 0.5) is 23.0 Å². The van der Waals surface area contributed by atoms with Crippen LogP contribution in [0.5, 0.6) is 11.5 Å². The van der Waals surface area contributed by atoms with E-state index in [2.05, 4.69) is 85.9 Å². The maximum absolute atomic E-state index is 12.3. The quantitative estimate of drug-likeness (QED) is 0.0162. The van der Waals surface area contributed by atoms with Gasteiger partial charge in [0.25, 0.3) is 0 Å². The highest BCUT2D eigenvalue weighted by molar-refractivity contribution is 8.00. The lowest BCUT2D eigenvalue weighted by Crippen LogP contribution is -2.29. The highest BCUT2D eigenvalue weighted by Gasteiger charge is 2.42. The van der Waals surface area contributed by atoms with Crippen LogP contribution in [0.2, 0.25) is 0 Å². The molecular formula is C60H82N8O7S. The van der Waals surface area contributed by atoms with Crippen molar-refractivity contribution in [3.63, 3.8) is 0 Å². The second kappa shape index (κ2) is 34.6. The van der Waals surface area contributed by atoms with Crippen molar-refractivity contribution in [2.75, 3.05) is 89.3 Å². The van der Waals surface area contributed by atoms with Gasteiger partial charge >= 0.3 is 0 Å². The smallest absolute Gasteiger partial charge is 0.220 e. The number of anilines is 4. The number of thioether (sulfide) groups is 1. The Bertz CT molecular complexity index is 2410. The fourth-order valence-electron chi connectivity index (χ4n) is 9.02. The van der Waals surface area contributed by atoms with Gasteiger partial charge in [-0.15, -0.1) is 0 Å². The Balaban J connectivity index is 0.680. The minimum Gasteiger partial charge on any atom is -0.457 e. The highest BCUT2D eigenvalue weighted by Crippen LogP contribution is 2.40. The second-order valence-electron chi connectivity index (χ2n) is 19.6. The Morgan fingerprint density at radius 1 is 0.711 bits per heavy atom. The van der Waals surface area contributed by atoms with E-state index in [4.69, 9.17) is 18.9 Å². The van der Waals surface area contributed by atoms with E-state index in [1.165, 1.54) is 11.9 Å². The number of aromatic nitrogens is 2. The summed E-state index contributed by atoms with van der Waals surface area (Å²) < 4.78 is 22.7. The van der Waals surface area contributed by atoms with Crippen LogP contribution >= 0.6 is 11.8 Å². The van der Waals surface area contributed by atoms with Gasteiger partial charge in [-0.1, -0.05) is 74.1 Å². The molecule has 0 radical (unpaired) electrons. The molecule has 0 saturated carbocycles. The number of hydrogen-bond acceptors (Lipinski definition) is 13. The van der Waals surface area contributed by atoms with Crippen molar-refractivity contribution in [3.05, 3.63) is 128 Å². The number of likely N-dealkylation sites (N-methyl/N-ethyl adjacent to an activating group) is 1. The van der Waals surface area contributed by atoms with Crippen molar-refractivity contribution >= 4 is 58.1 Å². The SMILES string of the molecule is C=C(CCCCCN(C)C/C=C/C(=C)c1cccc(Nc2cc(Nc3ccc(Oc4ccccc4)cc3)ncn2)c1)CCCC(=O)NCCCOCCOCCOCCCNC(=O)CCCC[C@@H]1SC[C@@H]2NC(=O)C[C@@H]21. The van der Waals surface area contributed by atoms with E-state index in [0.717, 1.165) is 123 Å². The molecule has 3 heterocycles. The fourth-order valence-corrected chi connectivity index (χ4v) is 10.7. The third-order valence-electron chi connectivity index (χ3n) is 13.2. The van der Waals surface area contributed by atoms with Crippen molar-refractivity contribution in [3.8, 4) is 11.5 Å². The number of carbonyl (C=O) groups excluding carboxylic acids is 3. The van der Waals surface area contributed by atoms with E-state index >= 15 is 0 Å². The molecule has 3 atom stereocenters. The van der Waals surface area contributed by atoms with Gasteiger partial charge in [0, 0.05) is 92.5 Å². The van der Waals surface area contributed by atoms with Crippen molar-refractivity contribution in [1.29, 1.82) is 0 Å². The summed E-state index contributed by atoms with van der Waals surface area (Å²) in [6.07, 6.45) is 18.1. The first kappa shape index (κ1) is 59.2. The van der Waals surface area contributed by atoms with Gasteiger partial charge in [-0.05, 0) is 131 Å². The first-order valence-corrected chi connectivity index (χ1v) is 28.4. The molecule has 3 aromatic carbocycles. The summed E-state index contributed by atoms with van der Waals surface area (Å²) in [6.45, 7) is 14.8. The Morgan fingerprint density at radius 3 is 2.08 bits per heavy atom. The number of ether oxygens (including phenoxy) is 4. The van der Waals surface area contributed by atoms with E-state index in [-0.39, 0.29) is 17.7 Å². The summed E-state index contributed by atoms with van der Waals surface area (Å²) in [4.78, 5) is 47.3. The number of rotatable bonds is 39. The third kappa shape index (κ3) is 23.5. The van der Waals surface area contributed by atoms with E-state index in [0.29, 0.717) is 101 Å². The Labute approximate surface area is 455 Å². The monoisotopic (exact) mass is 1060 g/mol. The van der Waals surface area contributed by atoms with E-state index in [9.17, 15) is 14.4 Å². The van der Waals surface area contributed by atoms with Crippen molar-refractivity contribution < 1.29 is 33.3 Å². The zero-order valence-corrected chi connectivity index (χ0v) is 45.6. The van der Waals surface area contributed by atoms with Crippen LogP contribution in [0, 0.1) is 5.92 Å². The van der Waals surface area contributed by atoms with Crippen LogP contribution in [-0.2, 0) is 28.6 Å². The van der Waals surface area contributed by atoms with Gasteiger partial charge in [-0.25, -0.2) is 9.97 Å². The van der Waals surface area contributed by atoms with Gasteiger partial charge in [0.1, 0.15) is 29.5 Å². The van der Waals surface area contributed by atoms with Crippen LogP contribution in [0.3, 0.4) is 0 Å². The molecule has 0 spiro atoms. The molecular weight excluding hydrogens is 977 g/mol. The number of nitrogens with one attached hydrogen (secondary N) is 5. The molecule has 5 N–H and O–H groups in total. The summed E-state index contributed by atoms with van der Waals surface area (Å²) in [5, 5.41) is 16.3. The van der Waals surface area contributed by atoms with Crippen LogP contribution in [-0.4, -0.2) is 123 Å². The lowest BCUT2D eigenvalue weighted by atomic mass is 9.94. The molecule has 76 heavy (non-hydrogen) atoms. The van der Waals surface area contributed by atoms with Crippen molar-refractivity contribution in [2.24, 2.45) is 5.92 Å². The minimum absolute atomic E-state index is 0.0748. The number of nitrogens with zero attached hydrogens (tertiary/aromatic N) is 3. The summed E-state index contributed by atoms with van der Waals surface area (Å²) in [5.41, 5.74) is 4.97. The maximum atomic E-state index is 12.3. The molecule has 6 rings (SSSR count). The number of amides is 3. The van der Waals surface area contributed by atoms with E-state index in [1.807, 2.05) is 84.6 Å². The summed E-state index contributed by atoms with van der Waals surface area (Å²) >= 11 is 1.97. The van der Waals surface area contributed by atoms with Crippen LogP contribution in [0.15, 0.2) is 122 Å². The van der Waals surface area contributed by atoms with Gasteiger partial charge in [-0.3, -0.25) is 14.4 Å². The lowest BCUT2D eigenvalue weighted by molar-refractivity contribution is -0.122. The Kier molecular flexibility index (Phi) is 26.9. The molecule has 2 aliphatic heterocycles. The normalized spacial score (nSPS) is 15.9. The number of hydrogen-bond donors (Lipinski definition) is 5. The van der Waals surface area contributed by atoms with Gasteiger partial charge in [-0.2, -0.15) is 11.8 Å². The Morgan fingerprint density at radius 2 is 1.36 bits per heavy atom. The lowest BCUT2D eigenvalue weighted by Gasteiger charge is -2.15. The molecule has 3 amide bonds. The van der Waals surface area contributed by atoms with E-state index in [1.54, 1.807) is 0 Å². The average molecular weight is 1060 g/mol. The van der Waals surface area contributed by atoms with Gasteiger partial charge in [0.05, 0.1) is 26.4 Å². The zero-order chi connectivity index (χ0) is 53.4. The van der Waals surface area contributed by atoms with Crippen LogP contribution in [0.25, 0.3) is 5.57 Å². The predicted octanol–water partition coefficient (Wildman–Crippen LogP) is 10.8. The topological polar surface area (TPSA) is 177 Å². The summed E-state index contributed by atoms with van der Waals surface area (Å²) in [6, 6.07) is 27.8. The molecule has 1 aromatic heterocycles. The summed E-state index contributed by atoms with van der Waals surface area (Å²) in [5.74, 6) is 4.74. The number of unbranched alkanes of at least 4 members (excludes halogenated alkanes) is 3. The first-order valence-electron chi connectivity index (χ1n) is 27.3. The molecule has 15 nitrogen and oxygen atoms in total. The van der Waals surface area contributed by atoms with Crippen LogP contribution in [0.1, 0.15) is 95.5 Å². The third-order valence-corrected chi connectivity index (χ3v) is 14.8. The largest absolute Gasteiger partial charge is 0.457 e. The molecule has 2 saturated heterocycles. The molecule has 2 fully saturated rings. The maximum Gasteiger partial charge on any atom is 0.220 e. The number of fused-ring (bicyclic) bond motifs is 1. The minimum atomic E-state index is 0.0748. The fraction of sp³-hybridized carbons (Fsp3) is 0.483. The van der Waals surface area contributed by atoms with Gasteiger partial charge < -0.3 is 50.4 Å². The molecule has 0 bridgehead atoms. The first-order chi connectivity index (χ1) is 37.2. The van der Waals surface area contributed by atoms with E-state index < -0.39 is 0 Å². The molecule has 410 valence electrons. The molecule has 16 heteroatoms. The number of para-hydroxylation sites is 1. The number of allylic oxidation sites excluding steroid dienone is 3. The van der Waals surface area contributed by atoms with Crippen molar-refractivity contribution in [2.45, 2.75) is 101 Å². The van der Waals surface area contributed by atoms with Crippen LogP contribution < -0.4 is 31.3 Å². The van der Waals surface area contributed by atoms with Gasteiger partial charge in [0.15, 0.2) is 0 Å².